The summed E-state index contributed by atoms with van der Waals surface area (Å²) in [6.07, 6.45) is 0. The van der Waals surface area contributed by atoms with Crippen LogP contribution in [0.15, 0.2) is 18.2 Å². The van der Waals surface area contributed by atoms with Crippen molar-refractivity contribution in [1.29, 1.82) is 0 Å². The van der Waals surface area contributed by atoms with E-state index in [1.54, 1.807) is 7.11 Å². The Morgan fingerprint density at radius 3 is 2.61 bits per heavy atom. The van der Waals surface area contributed by atoms with Crippen LogP contribution in [0, 0.1) is 0 Å². The van der Waals surface area contributed by atoms with Gasteiger partial charge in [-0.3, -0.25) is 0 Å². The second kappa shape index (κ2) is 6.20. The standard InChI is InChI=1S/C13H21N3OS/c1-3-18-16-8-6-15(7-9-16)11-4-5-12(14)13(10-11)17-2/h4-5,10H,3,6-9,14H2,1-2H3. The third-order valence-electron chi connectivity index (χ3n) is 3.13. The summed E-state index contributed by atoms with van der Waals surface area (Å²) in [6, 6.07) is 6.01. The van der Waals surface area contributed by atoms with E-state index in [1.165, 1.54) is 5.69 Å². The van der Waals surface area contributed by atoms with Crippen LogP contribution < -0.4 is 15.4 Å². The van der Waals surface area contributed by atoms with Crippen LogP contribution >= 0.6 is 11.9 Å². The van der Waals surface area contributed by atoms with Gasteiger partial charge in [0.25, 0.3) is 0 Å². The number of anilines is 2. The first-order chi connectivity index (χ1) is 8.74. The smallest absolute Gasteiger partial charge is 0.143 e. The Kier molecular flexibility index (Phi) is 4.60. The maximum absolute atomic E-state index is 5.84. The fraction of sp³-hybridized carbons (Fsp3) is 0.538. The summed E-state index contributed by atoms with van der Waals surface area (Å²) in [5.41, 5.74) is 7.73. The molecule has 2 N–H and O–H groups in total. The topological polar surface area (TPSA) is 41.7 Å². The van der Waals surface area contributed by atoms with Gasteiger partial charge in [0.2, 0.25) is 0 Å². The molecule has 2 rings (SSSR count). The Bertz CT molecular complexity index is 392. The lowest BCUT2D eigenvalue weighted by Crippen LogP contribution is -2.43. The lowest BCUT2D eigenvalue weighted by atomic mass is 10.2. The molecule has 0 aromatic heterocycles. The maximum Gasteiger partial charge on any atom is 0.143 e. The van der Waals surface area contributed by atoms with Gasteiger partial charge in [-0.25, -0.2) is 4.31 Å². The van der Waals surface area contributed by atoms with Crippen molar-refractivity contribution in [3.8, 4) is 5.75 Å². The van der Waals surface area contributed by atoms with Gasteiger partial charge in [-0.15, -0.1) is 0 Å². The van der Waals surface area contributed by atoms with E-state index >= 15 is 0 Å². The summed E-state index contributed by atoms with van der Waals surface area (Å²) in [5.74, 6) is 1.91. The second-order valence-corrected chi connectivity index (χ2v) is 5.61. The molecule has 0 amide bonds. The Morgan fingerprint density at radius 1 is 1.28 bits per heavy atom. The Balaban J connectivity index is 2.01. The molecule has 0 aliphatic carbocycles. The molecule has 5 heteroatoms. The van der Waals surface area contributed by atoms with Gasteiger partial charge < -0.3 is 15.4 Å². The van der Waals surface area contributed by atoms with Crippen molar-refractivity contribution in [1.82, 2.24) is 4.31 Å². The minimum Gasteiger partial charge on any atom is -0.495 e. The van der Waals surface area contributed by atoms with E-state index in [0.717, 1.165) is 37.7 Å². The van der Waals surface area contributed by atoms with Crippen LogP contribution in [0.1, 0.15) is 6.92 Å². The van der Waals surface area contributed by atoms with Crippen LogP contribution in [0.25, 0.3) is 0 Å². The minimum absolute atomic E-state index is 0.696. The van der Waals surface area contributed by atoms with Crippen molar-refractivity contribution in [2.45, 2.75) is 6.92 Å². The average Bonchev–Trinajstić information content (AvgIpc) is 2.41. The van der Waals surface area contributed by atoms with Gasteiger partial charge >= 0.3 is 0 Å². The summed E-state index contributed by atoms with van der Waals surface area (Å²) in [5, 5.41) is 0. The second-order valence-electron chi connectivity index (χ2n) is 4.26. The van der Waals surface area contributed by atoms with E-state index in [1.807, 2.05) is 24.1 Å². The Labute approximate surface area is 113 Å². The highest BCUT2D eigenvalue weighted by atomic mass is 32.2. The molecule has 4 nitrogen and oxygen atoms in total. The Hall–Kier alpha value is -1.07. The number of rotatable bonds is 4. The summed E-state index contributed by atoms with van der Waals surface area (Å²) in [4.78, 5) is 2.38. The molecule has 18 heavy (non-hydrogen) atoms. The van der Waals surface area contributed by atoms with Gasteiger partial charge in [0, 0.05) is 43.7 Å². The largest absolute Gasteiger partial charge is 0.495 e. The van der Waals surface area contributed by atoms with E-state index in [-0.39, 0.29) is 0 Å². The predicted molar refractivity (Wildman–Crippen MR) is 79.3 cm³/mol. The van der Waals surface area contributed by atoms with Crippen molar-refractivity contribution < 1.29 is 4.74 Å². The number of benzene rings is 1. The lowest BCUT2D eigenvalue weighted by molar-refractivity contribution is 0.414. The SMILES string of the molecule is CCSN1CCN(c2ccc(N)c(OC)c2)CC1. The van der Waals surface area contributed by atoms with Crippen molar-refractivity contribution >= 4 is 23.3 Å². The molecule has 0 bridgehead atoms. The summed E-state index contributed by atoms with van der Waals surface area (Å²) >= 11 is 1.92. The number of hydrogen-bond donors (Lipinski definition) is 1. The van der Waals surface area contributed by atoms with Crippen LogP contribution in [-0.2, 0) is 0 Å². The molecule has 100 valence electrons. The normalized spacial score (nSPS) is 16.9. The van der Waals surface area contributed by atoms with Crippen molar-refractivity contribution in [2.75, 3.05) is 49.7 Å². The highest BCUT2D eigenvalue weighted by molar-refractivity contribution is 7.96. The first-order valence-electron chi connectivity index (χ1n) is 6.31. The van der Waals surface area contributed by atoms with E-state index in [9.17, 15) is 0 Å². The first kappa shape index (κ1) is 13.4. The van der Waals surface area contributed by atoms with Gasteiger partial charge in [0.05, 0.1) is 12.8 Å². The number of nitrogens with zero attached hydrogens (tertiary/aromatic N) is 2. The third-order valence-corrected chi connectivity index (χ3v) is 4.12. The lowest BCUT2D eigenvalue weighted by Gasteiger charge is -2.35. The minimum atomic E-state index is 0.696. The van der Waals surface area contributed by atoms with E-state index in [2.05, 4.69) is 22.2 Å². The fourth-order valence-electron chi connectivity index (χ4n) is 2.15. The number of piperazine rings is 1. The van der Waals surface area contributed by atoms with Crippen molar-refractivity contribution in [2.24, 2.45) is 0 Å². The molecule has 0 spiro atoms. The highest BCUT2D eigenvalue weighted by Gasteiger charge is 2.17. The molecule has 0 unspecified atom stereocenters. The van der Waals surface area contributed by atoms with E-state index in [4.69, 9.17) is 10.5 Å². The zero-order valence-electron chi connectivity index (χ0n) is 11.1. The molecular weight excluding hydrogens is 246 g/mol. The van der Waals surface area contributed by atoms with Crippen LogP contribution in [0.2, 0.25) is 0 Å². The third kappa shape index (κ3) is 3.03. The first-order valence-corrected chi connectivity index (χ1v) is 7.25. The predicted octanol–water partition coefficient (Wildman–Crippen LogP) is 2.07. The summed E-state index contributed by atoms with van der Waals surface area (Å²) in [6.45, 7) is 6.51. The molecule has 1 aromatic rings. The molecular formula is C13H21N3OS. The summed E-state index contributed by atoms with van der Waals surface area (Å²) < 4.78 is 7.71. The molecule has 1 heterocycles. The van der Waals surface area contributed by atoms with Crippen molar-refractivity contribution in [3.05, 3.63) is 18.2 Å². The van der Waals surface area contributed by atoms with E-state index < -0.39 is 0 Å². The number of nitrogen functional groups attached to an aromatic ring is 1. The fourth-order valence-corrected chi connectivity index (χ4v) is 2.94. The zero-order valence-corrected chi connectivity index (χ0v) is 11.9. The molecule has 1 fully saturated rings. The van der Waals surface area contributed by atoms with Crippen LogP contribution in [0.3, 0.4) is 0 Å². The van der Waals surface area contributed by atoms with Crippen LogP contribution in [0.4, 0.5) is 11.4 Å². The summed E-state index contributed by atoms with van der Waals surface area (Å²) in [7, 11) is 1.66. The number of methoxy groups -OCH3 is 1. The Morgan fingerprint density at radius 2 is 2.00 bits per heavy atom. The van der Waals surface area contributed by atoms with E-state index in [0.29, 0.717) is 5.69 Å². The quantitative estimate of drug-likeness (QED) is 0.668. The number of nitrogens with two attached hydrogens (primary N) is 1. The highest BCUT2D eigenvalue weighted by Crippen LogP contribution is 2.28. The number of hydrogen-bond acceptors (Lipinski definition) is 5. The van der Waals surface area contributed by atoms with Gasteiger partial charge in [-0.05, 0) is 12.1 Å². The maximum atomic E-state index is 5.84. The molecule has 1 aliphatic rings. The van der Waals surface area contributed by atoms with Crippen molar-refractivity contribution in [3.63, 3.8) is 0 Å². The van der Waals surface area contributed by atoms with Gasteiger partial charge in [-0.1, -0.05) is 18.9 Å². The van der Waals surface area contributed by atoms with Gasteiger partial charge in [0.15, 0.2) is 0 Å². The molecule has 1 aliphatic heterocycles. The van der Waals surface area contributed by atoms with Crippen LogP contribution in [-0.4, -0.2) is 43.3 Å². The number of ether oxygens (including phenoxy) is 1. The molecule has 1 aromatic carbocycles. The molecule has 0 saturated carbocycles. The molecule has 1 saturated heterocycles. The van der Waals surface area contributed by atoms with Crippen LogP contribution in [0.5, 0.6) is 5.75 Å². The van der Waals surface area contributed by atoms with Gasteiger partial charge in [-0.2, -0.15) is 0 Å². The average molecular weight is 267 g/mol. The molecule has 0 atom stereocenters. The monoisotopic (exact) mass is 267 g/mol. The molecule has 0 radical (unpaired) electrons. The van der Waals surface area contributed by atoms with Gasteiger partial charge in [0.1, 0.15) is 5.75 Å². The zero-order chi connectivity index (χ0) is 13.0.